The number of ether oxygens (including phenoxy) is 1. The Morgan fingerprint density at radius 2 is 2.07 bits per heavy atom. The van der Waals surface area contributed by atoms with E-state index >= 15 is 0 Å². The molecule has 2 aromatic rings. The fraction of sp³-hybridized carbons (Fsp3) is 0.154. The maximum atomic E-state index is 5.35. The molecule has 0 saturated carbocycles. The Balaban J connectivity index is 2.53. The number of hydrogen-bond acceptors (Lipinski definition) is 2. The van der Waals surface area contributed by atoms with E-state index < -0.39 is 0 Å². The zero-order chi connectivity index (χ0) is 10.7. The molecule has 0 spiro atoms. The summed E-state index contributed by atoms with van der Waals surface area (Å²) < 4.78 is 5.35. The number of aryl methyl sites for hydroxylation is 1. The second kappa shape index (κ2) is 4.13. The van der Waals surface area contributed by atoms with Gasteiger partial charge in [0.25, 0.3) is 0 Å². The molecule has 1 aromatic carbocycles. The van der Waals surface area contributed by atoms with Gasteiger partial charge in [0.05, 0.1) is 7.11 Å². The van der Waals surface area contributed by atoms with Gasteiger partial charge < -0.3 is 4.74 Å². The number of hydrogen-bond donors (Lipinski definition) is 0. The highest BCUT2D eigenvalue weighted by Crippen LogP contribution is 2.29. The van der Waals surface area contributed by atoms with Gasteiger partial charge in [-0.25, -0.2) is 0 Å². The average Bonchev–Trinajstić information content (AvgIpc) is 2.30. The predicted molar refractivity (Wildman–Crippen MR) is 61.0 cm³/mol. The molecular weight excluding hydrogens is 186 g/mol. The van der Waals surface area contributed by atoms with Crippen LogP contribution >= 0.6 is 0 Å². The molecule has 0 aliphatic carbocycles. The summed E-state index contributed by atoms with van der Waals surface area (Å²) in [5.74, 6) is 0.892. The third kappa shape index (κ3) is 1.99. The molecule has 2 nitrogen and oxygen atoms in total. The molecule has 76 valence electrons. The number of aromatic nitrogens is 1. The van der Waals surface area contributed by atoms with Crippen molar-refractivity contribution >= 4 is 0 Å². The third-order valence-electron chi connectivity index (χ3n) is 2.33. The van der Waals surface area contributed by atoms with Gasteiger partial charge in [0.15, 0.2) is 0 Å². The molecule has 1 aromatic heterocycles. The van der Waals surface area contributed by atoms with E-state index in [1.807, 2.05) is 24.4 Å². The summed E-state index contributed by atoms with van der Waals surface area (Å²) in [7, 11) is 1.69. The molecule has 0 unspecified atom stereocenters. The Hall–Kier alpha value is -1.83. The van der Waals surface area contributed by atoms with E-state index in [2.05, 4.69) is 24.0 Å². The maximum Gasteiger partial charge on any atom is 0.127 e. The lowest BCUT2D eigenvalue weighted by atomic mass is 10.0. The highest BCUT2D eigenvalue weighted by Gasteiger charge is 2.04. The minimum atomic E-state index is 0.892. The van der Waals surface area contributed by atoms with Crippen LogP contribution in [-0.2, 0) is 0 Å². The summed E-state index contributed by atoms with van der Waals surface area (Å²) in [6, 6.07) is 10.1. The molecule has 0 bridgehead atoms. The van der Waals surface area contributed by atoms with Gasteiger partial charge in [0.1, 0.15) is 5.75 Å². The molecule has 0 N–H and O–H groups in total. The fourth-order valence-corrected chi connectivity index (χ4v) is 1.56. The van der Waals surface area contributed by atoms with Crippen molar-refractivity contribution in [3.05, 3.63) is 48.3 Å². The van der Waals surface area contributed by atoms with Gasteiger partial charge >= 0.3 is 0 Å². The first-order valence-corrected chi connectivity index (χ1v) is 4.86. The van der Waals surface area contributed by atoms with Crippen molar-refractivity contribution in [1.29, 1.82) is 0 Å². The third-order valence-corrected chi connectivity index (χ3v) is 2.33. The van der Waals surface area contributed by atoms with Crippen LogP contribution in [0.3, 0.4) is 0 Å². The number of benzene rings is 1. The summed E-state index contributed by atoms with van der Waals surface area (Å²) in [6.07, 6.45) is 3.61. The van der Waals surface area contributed by atoms with Gasteiger partial charge in [-0.1, -0.05) is 18.2 Å². The van der Waals surface area contributed by atoms with Crippen molar-refractivity contribution in [3.63, 3.8) is 0 Å². The molecule has 2 heteroatoms. The van der Waals surface area contributed by atoms with E-state index in [9.17, 15) is 0 Å². The smallest absolute Gasteiger partial charge is 0.127 e. The Bertz CT molecular complexity index is 451. The van der Waals surface area contributed by atoms with Gasteiger partial charge in [-0.05, 0) is 24.6 Å². The van der Waals surface area contributed by atoms with Crippen LogP contribution in [0.2, 0.25) is 0 Å². The first-order valence-electron chi connectivity index (χ1n) is 4.86. The van der Waals surface area contributed by atoms with Crippen LogP contribution in [0.5, 0.6) is 5.75 Å². The number of rotatable bonds is 2. The number of pyridine rings is 1. The predicted octanol–water partition coefficient (Wildman–Crippen LogP) is 3.07. The van der Waals surface area contributed by atoms with Crippen molar-refractivity contribution in [2.75, 3.05) is 7.11 Å². The van der Waals surface area contributed by atoms with Crippen LogP contribution < -0.4 is 4.74 Å². The first-order chi connectivity index (χ1) is 7.31. The lowest BCUT2D eigenvalue weighted by Crippen LogP contribution is -1.89. The summed E-state index contributed by atoms with van der Waals surface area (Å²) in [5.41, 5.74) is 3.35. The maximum absolute atomic E-state index is 5.35. The van der Waals surface area contributed by atoms with Gasteiger partial charge in [-0.15, -0.1) is 0 Å². The highest BCUT2D eigenvalue weighted by atomic mass is 16.5. The summed E-state index contributed by atoms with van der Waals surface area (Å²) >= 11 is 0. The minimum absolute atomic E-state index is 0.892. The molecule has 15 heavy (non-hydrogen) atoms. The minimum Gasteiger partial charge on any atom is -0.496 e. The van der Waals surface area contributed by atoms with E-state index in [0.717, 1.165) is 16.9 Å². The zero-order valence-electron chi connectivity index (χ0n) is 8.90. The van der Waals surface area contributed by atoms with E-state index in [4.69, 9.17) is 4.74 Å². The van der Waals surface area contributed by atoms with Crippen LogP contribution in [0, 0.1) is 6.92 Å². The van der Waals surface area contributed by atoms with Crippen LogP contribution in [0.1, 0.15) is 5.56 Å². The van der Waals surface area contributed by atoms with Crippen molar-refractivity contribution in [2.24, 2.45) is 0 Å². The van der Waals surface area contributed by atoms with Gasteiger partial charge in [-0.3, -0.25) is 4.98 Å². The second-order valence-corrected chi connectivity index (χ2v) is 3.45. The lowest BCUT2D eigenvalue weighted by Gasteiger charge is -2.08. The Labute approximate surface area is 89.6 Å². The zero-order valence-corrected chi connectivity index (χ0v) is 8.90. The Kier molecular flexibility index (Phi) is 2.68. The summed E-state index contributed by atoms with van der Waals surface area (Å²) in [5, 5.41) is 0. The first kappa shape index (κ1) is 9.71. The number of nitrogens with zero attached hydrogens (tertiary/aromatic N) is 1. The highest BCUT2D eigenvalue weighted by molar-refractivity contribution is 5.70. The SMILES string of the molecule is COc1cc(C)ccc1-c1cccnc1. The van der Waals surface area contributed by atoms with Gasteiger partial charge in [-0.2, -0.15) is 0 Å². The molecule has 0 fully saturated rings. The summed E-state index contributed by atoms with van der Waals surface area (Å²) in [4.78, 5) is 4.10. The largest absolute Gasteiger partial charge is 0.496 e. The van der Waals surface area contributed by atoms with Crippen LogP contribution in [0.15, 0.2) is 42.7 Å². The number of methoxy groups -OCH3 is 1. The quantitative estimate of drug-likeness (QED) is 0.741. The van der Waals surface area contributed by atoms with E-state index in [1.54, 1.807) is 13.3 Å². The second-order valence-electron chi connectivity index (χ2n) is 3.45. The fourth-order valence-electron chi connectivity index (χ4n) is 1.56. The molecule has 0 aliphatic heterocycles. The molecule has 0 radical (unpaired) electrons. The monoisotopic (exact) mass is 199 g/mol. The van der Waals surface area contributed by atoms with Crippen molar-refractivity contribution in [3.8, 4) is 16.9 Å². The molecule has 0 amide bonds. The standard InChI is InChI=1S/C13H13NO/c1-10-5-6-12(13(8-10)15-2)11-4-3-7-14-9-11/h3-9H,1-2H3. The van der Waals surface area contributed by atoms with Crippen LogP contribution in [0.25, 0.3) is 11.1 Å². The molecule has 1 heterocycles. The lowest BCUT2D eigenvalue weighted by molar-refractivity contribution is 0.416. The molecule has 0 saturated heterocycles. The topological polar surface area (TPSA) is 22.1 Å². The van der Waals surface area contributed by atoms with Crippen LogP contribution in [0.4, 0.5) is 0 Å². The van der Waals surface area contributed by atoms with Crippen molar-refractivity contribution in [2.45, 2.75) is 6.92 Å². The van der Waals surface area contributed by atoms with Gasteiger partial charge in [0.2, 0.25) is 0 Å². The van der Waals surface area contributed by atoms with Gasteiger partial charge in [0, 0.05) is 23.5 Å². The summed E-state index contributed by atoms with van der Waals surface area (Å²) in [6.45, 7) is 2.05. The molecule has 0 atom stereocenters. The Morgan fingerprint density at radius 1 is 1.20 bits per heavy atom. The van der Waals surface area contributed by atoms with Crippen molar-refractivity contribution < 1.29 is 4.74 Å². The van der Waals surface area contributed by atoms with Crippen LogP contribution in [-0.4, -0.2) is 12.1 Å². The molecule has 2 rings (SSSR count). The van der Waals surface area contributed by atoms with E-state index in [1.165, 1.54) is 5.56 Å². The van der Waals surface area contributed by atoms with Crippen molar-refractivity contribution in [1.82, 2.24) is 4.98 Å². The Morgan fingerprint density at radius 3 is 2.73 bits per heavy atom. The van der Waals surface area contributed by atoms with E-state index in [0.29, 0.717) is 0 Å². The molecular formula is C13H13NO. The molecule has 0 aliphatic rings. The van der Waals surface area contributed by atoms with E-state index in [-0.39, 0.29) is 0 Å². The normalized spacial score (nSPS) is 10.0. The average molecular weight is 199 g/mol.